The maximum Gasteiger partial charge on any atom is 0.244 e. The van der Waals surface area contributed by atoms with Gasteiger partial charge in [-0.2, -0.15) is 0 Å². The lowest BCUT2D eigenvalue weighted by Gasteiger charge is -2.26. The van der Waals surface area contributed by atoms with Gasteiger partial charge >= 0.3 is 0 Å². The number of amides is 1. The van der Waals surface area contributed by atoms with E-state index in [1.54, 1.807) is 14.2 Å². The summed E-state index contributed by atoms with van der Waals surface area (Å²) in [7, 11) is 3.23. The van der Waals surface area contributed by atoms with Gasteiger partial charge in [-0.1, -0.05) is 6.07 Å². The van der Waals surface area contributed by atoms with Crippen LogP contribution in [-0.2, 0) is 11.2 Å². The van der Waals surface area contributed by atoms with Gasteiger partial charge in [0.25, 0.3) is 0 Å². The van der Waals surface area contributed by atoms with E-state index in [9.17, 15) is 4.79 Å². The van der Waals surface area contributed by atoms with Crippen molar-refractivity contribution < 1.29 is 14.3 Å². The number of carbonyl (C=O) groups excluding carboxylic acids is 1. The lowest BCUT2D eigenvalue weighted by atomic mass is 10.1. The van der Waals surface area contributed by atoms with Crippen LogP contribution in [0.4, 0.5) is 0 Å². The van der Waals surface area contributed by atoms with Crippen LogP contribution in [0.15, 0.2) is 23.2 Å². The number of guanidine groups is 1. The highest BCUT2D eigenvalue weighted by molar-refractivity contribution is 14.0. The number of hydrogen-bond donors (Lipinski definition) is 2. The number of carbonyl (C=O) groups is 1. The monoisotopic (exact) mass is 476 g/mol. The molecule has 0 radical (unpaired) electrons. The van der Waals surface area contributed by atoms with Crippen molar-refractivity contribution in [3.05, 3.63) is 23.8 Å². The molecule has 1 aromatic rings. The predicted molar refractivity (Wildman–Crippen MR) is 114 cm³/mol. The Morgan fingerprint density at radius 3 is 2.54 bits per heavy atom. The SMILES string of the molecule is COc1ccc(CCNC(N)=NCC(=O)N2CCCCC2)cc1OC.I. The van der Waals surface area contributed by atoms with Gasteiger partial charge < -0.3 is 25.4 Å². The number of aliphatic imine (C=N–C) groups is 1. The van der Waals surface area contributed by atoms with Crippen LogP contribution < -0.4 is 20.5 Å². The van der Waals surface area contributed by atoms with Gasteiger partial charge in [-0.25, -0.2) is 4.99 Å². The molecule has 0 spiro atoms. The van der Waals surface area contributed by atoms with E-state index in [0.29, 0.717) is 24.0 Å². The zero-order valence-electron chi connectivity index (χ0n) is 15.5. The van der Waals surface area contributed by atoms with Gasteiger partial charge in [-0.3, -0.25) is 4.79 Å². The predicted octanol–water partition coefficient (Wildman–Crippen LogP) is 1.78. The molecule has 1 aliphatic rings. The zero-order chi connectivity index (χ0) is 18.1. The average molecular weight is 476 g/mol. The van der Waals surface area contributed by atoms with Crippen LogP contribution >= 0.6 is 24.0 Å². The van der Waals surface area contributed by atoms with Crippen molar-refractivity contribution in [2.24, 2.45) is 10.7 Å². The van der Waals surface area contributed by atoms with Crippen molar-refractivity contribution in [1.82, 2.24) is 10.2 Å². The Morgan fingerprint density at radius 1 is 1.19 bits per heavy atom. The zero-order valence-corrected chi connectivity index (χ0v) is 17.8. The van der Waals surface area contributed by atoms with Crippen molar-refractivity contribution in [2.75, 3.05) is 40.4 Å². The van der Waals surface area contributed by atoms with E-state index < -0.39 is 0 Å². The summed E-state index contributed by atoms with van der Waals surface area (Å²) in [6.07, 6.45) is 4.12. The quantitative estimate of drug-likeness (QED) is 0.356. The Bertz CT molecular complexity index is 604. The molecule has 7 nitrogen and oxygen atoms in total. The Balaban J connectivity index is 0.00000338. The topological polar surface area (TPSA) is 89.2 Å². The maximum absolute atomic E-state index is 12.0. The fourth-order valence-corrected chi connectivity index (χ4v) is 2.82. The number of nitrogens with zero attached hydrogens (tertiary/aromatic N) is 2. The Labute approximate surface area is 172 Å². The highest BCUT2D eigenvalue weighted by Gasteiger charge is 2.15. The second-order valence-corrected chi connectivity index (χ2v) is 6.01. The van der Waals surface area contributed by atoms with Crippen molar-refractivity contribution in [3.63, 3.8) is 0 Å². The van der Waals surface area contributed by atoms with Crippen LogP contribution in [0.3, 0.4) is 0 Å². The highest BCUT2D eigenvalue weighted by atomic mass is 127. The molecule has 146 valence electrons. The number of benzene rings is 1. The molecule has 1 aliphatic heterocycles. The average Bonchev–Trinajstić information content (AvgIpc) is 2.66. The molecule has 8 heteroatoms. The van der Waals surface area contributed by atoms with Crippen molar-refractivity contribution >= 4 is 35.8 Å². The molecule has 0 aromatic heterocycles. The van der Waals surface area contributed by atoms with Crippen LogP contribution in [0.1, 0.15) is 24.8 Å². The van der Waals surface area contributed by atoms with Gasteiger partial charge in [0.15, 0.2) is 17.5 Å². The summed E-state index contributed by atoms with van der Waals surface area (Å²) >= 11 is 0. The number of ether oxygens (including phenoxy) is 2. The summed E-state index contributed by atoms with van der Waals surface area (Å²) < 4.78 is 10.5. The lowest BCUT2D eigenvalue weighted by Crippen LogP contribution is -2.39. The van der Waals surface area contributed by atoms with E-state index in [1.165, 1.54) is 6.42 Å². The summed E-state index contributed by atoms with van der Waals surface area (Å²) in [5, 5.41) is 3.04. The van der Waals surface area contributed by atoms with Crippen LogP contribution in [0.2, 0.25) is 0 Å². The molecule has 0 atom stereocenters. The van der Waals surface area contributed by atoms with Gasteiger partial charge in [-0.05, 0) is 43.4 Å². The van der Waals surface area contributed by atoms with E-state index in [1.807, 2.05) is 23.1 Å². The standard InChI is InChI=1S/C18H28N4O3.HI/c1-24-15-7-6-14(12-16(15)25-2)8-9-20-18(19)21-13-17(23)22-10-4-3-5-11-22;/h6-7,12H,3-5,8-11,13H2,1-2H3,(H3,19,20,21);1H. The molecule has 1 aromatic carbocycles. The molecule has 26 heavy (non-hydrogen) atoms. The highest BCUT2D eigenvalue weighted by Crippen LogP contribution is 2.27. The number of rotatable bonds is 7. The number of piperidine rings is 1. The smallest absolute Gasteiger partial charge is 0.244 e. The minimum atomic E-state index is 0. The Morgan fingerprint density at radius 2 is 1.88 bits per heavy atom. The largest absolute Gasteiger partial charge is 0.493 e. The van der Waals surface area contributed by atoms with E-state index in [4.69, 9.17) is 15.2 Å². The van der Waals surface area contributed by atoms with Gasteiger partial charge in [0.1, 0.15) is 6.54 Å². The molecule has 0 unspecified atom stereocenters. The Kier molecular flexibility index (Phi) is 10.2. The molecular formula is C18H29IN4O3. The third-order valence-corrected chi connectivity index (χ3v) is 4.26. The van der Waals surface area contributed by atoms with Crippen molar-refractivity contribution in [2.45, 2.75) is 25.7 Å². The first-order chi connectivity index (χ1) is 12.1. The molecule has 1 fully saturated rings. The molecule has 1 heterocycles. The van der Waals surface area contributed by atoms with E-state index in [2.05, 4.69) is 10.3 Å². The number of halogens is 1. The van der Waals surface area contributed by atoms with Crippen LogP contribution in [0.25, 0.3) is 0 Å². The summed E-state index contributed by atoms with van der Waals surface area (Å²) in [5.41, 5.74) is 6.94. The third-order valence-electron chi connectivity index (χ3n) is 4.26. The molecule has 0 aliphatic carbocycles. The fraction of sp³-hybridized carbons (Fsp3) is 0.556. The molecule has 2 rings (SSSR count). The van der Waals surface area contributed by atoms with Crippen LogP contribution in [0.5, 0.6) is 11.5 Å². The number of hydrogen-bond acceptors (Lipinski definition) is 4. The van der Waals surface area contributed by atoms with Gasteiger partial charge in [-0.15, -0.1) is 24.0 Å². The lowest BCUT2D eigenvalue weighted by molar-refractivity contribution is -0.130. The molecule has 3 N–H and O–H groups in total. The first kappa shape index (κ1) is 22.3. The number of nitrogens with two attached hydrogens (primary N) is 1. The molecule has 1 saturated heterocycles. The molecule has 0 bridgehead atoms. The normalized spacial score (nSPS) is 14.4. The first-order valence-corrected chi connectivity index (χ1v) is 8.66. The molecule has 0 saturated carbocycles. The minimum Gasteiger partial charge on any atom is -0.493 e. The number of nitrogens with one attached hydrogen (secondary N) is 1. The van der Waals surface area contributed by atoms with E-state index >= 15 is 0 Å². The van der Waals surface area contributed by atoms with Crippen molar-refractivity contribution in [1.29, 1.82) is 0 Å². The van der Waals surface area contributed by atoms with Crippen LogP contribution in [0, 0.1) is 0 Å². The summed E-state index contributed by atoms with van der Waals surface area (Å²) in [4.78, 5) is 18.0. The molecule has 1 amide bonds. The number of methoxy groups -OCH3 is 2. The summed E-state index contributed by atoms with van der Waals surface area (Å²) in [5.74, 6) is 1.75. The second-order valence-electron chi connectivity index (χ2n) is 6.01. The van der Waals surface area contributed by atoms with E-state index in [-0.39, 0.29) is 36.4 Å². The summed E-state index contributed by atoms with van der Waals surface area (Å²) in [6, 6.07) is 5.80. The fourth-order valence-electron chi connectivity index (χ4n) is 2.82. The number of likely N-dealkylation sites (tertiary alicyclic amines) is 1. The Hall–Kier alpha value is -1.71. The first-order valence-electron chi connectivity index (χ1n) is 8.66. The summed E-state index contributed by atoms with van der Waals surface area (Å²) in [6.45, 7) is 2.40. The van der Waals surface area contributed by atoms with Gasteiger partial charge in [0, 0.05) is 19.6 Å². The third kappa shape index (κ3) is 6.89. The second kappa shape index (κ2) is 11.8. The van der Waals surface area contributed by atoms with E-state index in [0.717, 1.165) is 37.9 Å². The van der Waals surface area contributed by atoms with Gasteiger partial charge in [0.05, 0.1) is 14.2 Å². The minimum absolute atomic E-state index is 0. The maximum atomic E-state index is 12.0. The molecular weight excluding hydrogens is 447 g/mol. The van der Waals surface area contributed by atoms with Crippen LogP contribution in [-0.4, -0.2) is 57.2 Å². The van der Waals surface area contributed by atoms with Gasteiger partial charge in [0.2, 0.25) is 5.91 Å². The van der Waals surface area contributed by atoms with Crippen molar-refractivity contribution in [3.8, 4) is 11.5 Å².